The lowest BCUT2D eigenvalue weighted by Gasteiger charge is -2.23. The van der Waals surface area contributed by atoms with Gasteiger partial charge in [0.2, 0.25) is 0 Å². The van der Waals surface area contributed by atoms with Crippen LogP contribution in [0.1, 0.15) is 22.7 Å². The molecule has 1 nitrogen and oxygen atoms in total. The van der Waals surface area contributed by atoms with E-state index in [-0.39, 0.29) is 11.9 Å². The third-order valence-corrected chi connectivity index (χ3v) is 5.24. The van der Waals surface area contributed by atoms with Crippen molar-refractivity contribution in [2.24, 2.45) is 0 Å². The Hall–Kier alpha value is -1.32. The lowest BCUT2D eigenvalue weighted by atomic mass is 9.97. The summed E-state index contributed by atoms with van der Waals surface area (Å²) in [6.07, 6.45) is 0.986. The fourth-order valence-corrected chi connectivity index (χ4v) is 4.31. The van der Waals surface area contributed by atoms with Crippen LogP contribution in [0.15, 0.2) is 47.4 Å². The number of halogens is 1. The van der Waals surface area contributed by atoms with Crippen LogP contribution in [0.2, 0.25) is 0 Å². The molecule has 0 fully saturated rings. The Morgan fingerprint density at radius 2 is 2.05 bits per heavy atom. The molecule has 1 N–H and O–H groups in total. The van der Waals surface area contributed by atoms with Gasteiger partial charge in [0.15, 0.2) is 0 Å². The van der Waals surface area contributed by atoms with E-state index in [1.165, 1.54) is 10.5 Å². The zero-order valence-electron chi connectivity index (χ0n) is 11.7. The standard InChI is InChI=1S/C17H18FNS/c1-11-7-8-14(18)13(9-11)17(19-2)16-10-12-5-3-4-6-15(12)20-16/h3-9,16-17,19H,10H2,1-2H3. The quantitative estimate of drug-likeness (QED) is 0.911. The van der Waals surface area contributed by atoms with Crippen LogP contribution >= 0.6 is 11.8 Å². The van der Waals surface area contributed by atoms with Crippen molar-refractivity contribution < 1.29 is 4.39 Å². The van der Waals surface area contributed by atoms with E-state index in [0.717, 1.165) is 17.5 Å². The Kier molecular flexibility index (Phi) is 3.81. The second-order valence-corrected chi connectivity index (χ2v) is 6.54. The predicted molar refractivity (Wildman–Crippen MR) is 82.7 cm³/mol. The van der Waals surface area contributed by atoms with Gasteiger partial charge >= 0.3 is 0 Å². The van der Waals surface area contributed by atoms with E-state index in [4.69, 9.17) is 0 Å². The van der Waals surface area contributed by atoms with Crippen LogP contribution in [0.4, 0.5) is 4.39 Å². The van der Waals surface area contributed by atoms with Crippen molar-refractivity contribution in [3.8, 4) is 0 Å². The number of hydrogen-bond donors (Lipinski definition) is 1. The molecule has 0 spiro atoms. The fourth-order valence-electron chi connectivity index (χ4n) is 2.84. The first-order valence-corrected chi connectivity index (χ1v) is 7.75. The molecule has 2 aromatic carbocycles. The van der Waals surface area contributed by atoms with E-state index in [1.807, 2.05) is 37.9 Å². The highest BCUT2D eigenvalue weighted by Gasteiger charge is 2.30. The number of thioether (sulfide) groups is 1. The molecular formula is C17H18FNS. The number of nitrogens with one attached hydrogen (secondary N) is 1. The molecule has 1 aliphatic rings. The first-order valence-electron chi connectivity index (χ1n) is 6.87. The Morgan fingerprint density at radius 3 is 2.80 bits per heavy atom. The van der Waals surface area contributed by atoms with Gasteiger partial charge in [-0.2, -0.15) is 0 Å². The van der Waals surface area contributed by atoms with Gasteiger partial charge in [0.1, 0.15) is 5.82 Å². The minimum atomic E-state index is -0.119. The molecule has 2 atom stereocenters. The average Bonchev–Trinajstić information content (AvgIpc) is 2.87. The normalized spacial score (nSPS) is 18.9. The molecular weight excluding hydrogens is 269 g/mol. The summed E-state index contributed by atoms with van der Waals surface area (Å²) >= 11 is 1.85. The van der Waals surface area contributed by atoms with Crippen LogP contribution in [0.3, 0.4) is 0 Å². The van der Waals surface area contributed by atoms with Crippen LogP contribution in [0, 0.1) is 12.7 Å². The molecule has 0 saturated heterocycles. The Balaban J connectivity index is 1.91. The molecule has 3 rings (SSSR count). The molecule has 104 valence electrons. The van der Waals surface area contributed by atoms with Gasteiger partial charge in [-0.1, -0.05) is 35.9 Å². The third-order valence-electron chi connectivity index (χ3n) is 3.84. The summed E-state index contributed by atoms with van der Waals surface area (Å²) in [5.41, 5.74) is 3.25. The van der Waals surface area contributed by atoms with E-state index in [1.54, 1.807) is 6.07 Å². The second kappa shape index (κ2) is 5.58. The summed E-state index contributed by atoms with van der Waals surface area (Å²) in [5.74, 6) is -0.119. The van der Waals surface area contributed by atoms with Gasteiger partial charge in [0, 0.05) is 21.8 Å². The van der Waals surface area contributed by atoms with E-state index >= 15 is 0 Å². The minimum absolute atomic E-state index is 0.0345. The van der Waals surface area contributed by atoms with Gasteiger partial charge in [0.25, 0.3) is 0 Å². The summed E-state index contributed by atoms with van der Waals surface area (Å²) in [7, 11) is 1.91. The zero-order valence-corrected chi connectivity index (χ0v) is 12.5. The summed E-state index contributed by atoms with van der Waals surface area (Å²) < 4.78 is 14.1. The summed E-state index contributed by atoms with van der Waals surface area (Å²) in [4.78, 5) is 1.32. The SMILES string of the molecule is CNC(c1cc(C)ccc1F)C1Cc2ccccc2S1. The fraction of sp³-hybridized carbons (Fsp3) is 0.294. The van der Waals surface area contributed by atoms with Crippen molar-refractivity contribution in [3.63, 3.8) is 0 Å². The van der Waals surface area contributed by atoms with E-state index < -0.39 is 0 Å². The topological polar surface area (TPSA) is 12.0 Å². The number of rotatable bonds is 3. The molecule has 3 heteroatoms. The van der Waals surface area contributed by atoms with Crippen LogP contribution in [0.5, 0.6) is 0 Å². The Bertz CT molecular complexity index is 601. The molecule has 0 bridgehead atoms. The highest BCUT2D eigenvalue weighted by atomic mass is 32.2. The molecule has 0 aliphatic carbocycles. The maximum absolute atomic E-state index is 14.1. The predicted octanol–water partition coefficient (Wildman–Crippen LogP) is 4.11. The Morgan fingerprint density at radius 1 is 1.25 bits per heavy atom. The van der Waals surface area contributed by atoms with E-state index in [2.05, 4.69) is 29.6 Å². The summed E-state index contributed by atoms with van der Waals surface area (Å²) in [5, 5.41) is 3.64. The van der Waals surface area contributed by atoms with Crippen LogP contribution in [0.25, 0.3) is 0 Å². The summed E-state index contributed by atoms with van der Waals surface area (Å²) in [6.45, 7) is 2.01. The average molecular weight is 287 g/mol. The van der Waals surface area contributed by atoms with E-state index in [0.29, 0.717) is 5.25 Å². The van der Waals surface area contributed by atoms with Crippen molar-refractivity contribution in [1.82, 2.24) is 5.32 Å². The van der Waals surface area contributed by atoms with Crippen LogP contribution in [-0.4, -0.2) is 12.3 Å². The van der Waals surface area contributed by atoms with Gasteiger partial charge < -0.3 is 5.32 Å². The van der Waals surface area contributed by atoms with Gasteiger partial charge in [-0.05, 0) is 38.1 Å². The molecule has 0 amide bonds. The molecule has 0 radical (unpaired) electrons. The van der Waals surface area contributed by atoms with Gasteiger partial charge in [-0.3, -0.25) is 0 Å². The number of hydrogen-bond acceptors (Lipinski definition) is 2. The Labute approximate surface area is 123 Å². The molecule has 2 aromatic rings. The largest absolute Gasteiger partial charge is 0.312 e. The highest BCUT2D eigenvalue weighted by molar-refractivity contribution is 8.00. The number of aryl methyl sites for hydroxylation is 1. The molecule has 1 aliphatic heterocycles. The first kappa shape index (κ1) is 13.7. The van der Waals surface area contributed by atoms with Crippen molar-refractivity contribution >= 4 is 11.8 Å². The molecule has 1 heterocycles. The highest BCUT2D eigenvalue weighted by Crippen LogP contribution is 2.42. The van der Waals surface area contributed by atoms with Crippen molar-refractivity contribution in [1.29, 1.82) is 0 Å². The van der Waals surface area contributed by atoms with Gasteiger partial charge in [-0.25, -0.2) is 4.39 Å². The molecule has 0 aromatic heterocycles. The maximum Gasteiger partial charge on any atom is 0.128 e. The summed E-state index contributed by atoms with van der Waals surface area (Å²) in [6, 6.07) is 13.8. The first-order chi connectivity index (χ1) is 9.69. The number of benzene rings is 2. The monoisotopic (exact) mass is 287 g/mol. The lowest BCUT2D eigenvalue weighted by molar-refractivity contribution is 0.521. The smallest absolute Gasteiger partial charge is 0.128 e. The van der Waals surface area contributed by atoms with E-state index in [9.17, 15) is 4.39 Å². The third kappa shape index (κ3) is 2.48. The minimum Gasteiger partial charge on any atom is -0.312 e. The zero-order chi connectivity index (χ0) is 14.1. The number of fused-ring (bicyclic) bond motifs is 1. The van der Waals surface area contributed by atoms with Crippen molar-refractivity contribution in [2.75, 3.05) is 7.05 Å². The molecule has 20 heavy (non-hydrogen) atoms. The van der Waals surface area contributed by atoms with Crippen molar-refractivity contribution in [3.05, 3.63) is 65.0 Å². The van der Waals surface area contributed by atoms with Crippen LogP contribution in [-0.2, 0) is 6.42 Å². The van der Waals surface area contributed by atoms with Crippen LogP contribution < -0.4 is 5.32 Å². The van der Waals surface area contributed by atoms with Gasteiger partial charge in [-0.15, -0.1) is 11.8 Å². The van der Waals surface area contributed by atoms with Gasteiger partial charge in [0.05, 0.1) is 0 Å². The molecule has 2 unspecified atom stereocenters. The lowest BCUT2D eigenvalue weighted by Crippen LogP contribution is -2.28. The maximum atomic E-state index is 14.1. The molecule has 0 saturated carbocycles. The van der Waals surface area contributed by atoms with Crippen molar-refractivity contribution in [2.45, 2.75) is 29.5 Å². The second-order valence-electron chi connectivity index (χ2n) is 5.26.